The Bertz CT molecular complexity index is 556. The quantitative estimate of drug-likeness (QED) is 0.883. The fraction of sp³-hybridized carbons (Fsp3) is 0.357. The number of hydrogen-bond acceptors (Lipinski definition) is 3. The fourth-order valence-corrected chi connectivity index (χ4v) is 2.07. The van der Waals surface area contributed by atoms with E-state index >= 15 is 0 Å². The van der Waals surface area contributed by atoms with Crippen LogP contribution < -0.4 is 4.74 Å². The van der Waals surface area contributed by atoms with Crippen molar-refractivity contribution >= 4 is 16.9 Å². The maximum atomic E-state index is 11.1. The largest absolute Gasteiger partial charge is 0.493 e. The van der Waals surface area contributed by atoms with E-state index in [-0.39, 0.29) is 5.92 Å². The predicted molar refractivity (Wildman–Crippen MR) is 67.9 cm³/mol. The van der Waals surface area contributed by atoms with Gasteiger partial charge in [0.05, 0.1) is 19.3 Å². The number of methoxy groups -OCH3 is 1. The van der Waals surface area contributed by atoms with E-state index in [4.69, 9.17) is 14.3 Å². The smallest absolute Gasteiger partial charge is 0.306 e. The van der Waals surface area contributed by atoms with Crippen LogP contribution in [0.1, 0.15) is 18.9 Å². The molecule has 0 amide bonds. The van der Waals surface area contributed by atoms with E-state index in [9.17, 15) is 4.79 Å². The second-order valence-electron chi connectivity index (χ2n) is 4.25. The number of hydrogen-bond donors (Lipinski definition) is 1. The summed E-state index contributed by atoms with van der Waals surface area (Å²) in [6, 6.07) is 5.62. The van der Waals surface area contributed by atoms with Gasteiger partial charge in [0.1, 0.15) is 0 Å². The highest BCUT2D eigenvalue weighted by Gasteiger charge is 2.19. The number of furan rings is 1. The van der Waals surface area contributed by atoms with E-state index < -0.39 is 5.97 Å². The molecule has 18 heavy (non-hydrogen) atoms. The van der Waals surface area contributed by atoms with Gasteiger partial charge in [0.25, 0.3) is 0 Å². The lowest BCUT2D eigenvalue weighted by Crippen LogP contribution is -2.15. The summed E-state index contributed by atoms with van der Waals surface area (Å²) in [5.74, 6) is -0.478. The van der Waals surface area contributed by atoms with Crippen LogP contribution in [0.2, 0.25) is 0 Å². The molecule has 1 aromatic carbocycles. The molecule has 0 saturated carbocycles. The lowest BCUT2D eigenvalue weighted by Gasteiger charge is -2.07. The van der Waals surface area contributed by atoms with Crippen LogP contribution in [0.15, 0.2) is 28.9 Å². The first kappa shape index (κ1) is 12.5. The molecule has 2 rings (SSSR count). The van der Waals surface area contributed by atoms with Crippen molar-refractivity contribution in [2.45, 2.75) is 19.8 Å². The Hall–Kier alpha value is -1.97. The molecule has 0 fully saturated rings. The number of carboxylic acids is 1. The number of fused-ring (bicyclic) bond motifs is 1. The second-order valence-corrected chi connectivity index (χ2v) is 4.25. The number of rotatable bonds is 5. The van der Waals surface area contributed by atoms with Crippen LogP contribution in [0.5, 0.6) is 5.75 Å². The van der Waals surface area contributed by atoms with Crippen LogP contribution in [0.3, 0.4) is 0 Å². The molecule has 1 N–H and O–H groups in total. The van der Waals surface area contributed by atoms with Crippen LogP contribution in [0.4, 0.5) is 0 Å². The van der Waals surface area contributed by atoms with Gasteiger partial charge >= 0.3 is 5.97 Å². The van der Waals surface area contributed by atoms with Gasteiger partial charge in [-0.1, -0.05) is 19.1 Å². The van der Waals surface area contributed by atoms with E-state index in [1.165, 1.54) is 0 Å². The minimum Gasteiger partial charge on any atom is -0.493 e. The molecule has 96 valence electrons. The summed E-state index contributed by atoms with van der Waals surface area (Å²) in [5, 5.41) is 10.0. The molecule has 0 radical (unpaired) electrons. The first-order chi connectivity index (χ1) is 8.67. The normalized spacial score (nSPS) is 12.6. The zero-order valence-corrected chi connectivity index (χ0v) is 10.5. The van der Waals surface area contributed by atoms with Crippen molar-refractivity contribution in [3.05, 3.63) is 30.0 Å². The minimum atomic E-state index is -0.769. The van der Waals surface area contributed by atoms with Crippen molar-refractivity contribution in [3.63, 3.8) is 0 Å². The molecule has 0 aliphatic carbocycles. The van der Waals surface area contributed by atoms with Gasteiger partial charge in [-0.3, -0.25) is 4.79 Å². The highest BCUT2D eigenvalue weighted by molar-refractivity contribution is 5.86. The van der Waals surface area contributed by atoms with Crippen molar-refractivity contribution < 1.29 is 19.1 Å². The number of ether oxygens (including phenoxy) is 1. The Kier molecular flexibility index (Phi) is 3.55. The van der Waals surface area contributed by atoms with E-state index in [0.717, 1.165) is 10.9 Å². The molecule has 0 bridgehead atoms. The summed E-state index contributed by atoms with van der Waals surface area (Å²) in [7, 11) is 1.59. The Morgan fingerprint density at radius 2 is 2.28 bits per heavy atom. The van der Waals surface area contributed by atoms with Gasteiger partial charge in [-0.15, -0.1) is 0 Å². The predicted octanol–water partition coefficient (Wildman–Crippen LogP) is 3.09. The maximum absolute atomic E-state index is 11.1. The third-order valence-corrected chi connectivity index (χ3v) is 3.17. The summed E-state index contributed by atoms with van der Waals surface area (Å²) < 4.78 is 10.7. The standard InChI is InChI=1S/C14H16O4/c1-3-9(14(15)16)7-10-8-18-13-11(10)5-4-6-12(13)17-2/h4-6,8-9H,3,7H2,1-2H3,(H,15,16). The maximum Gasteiger partial charge on any atom is 0.306 e. The Labute approximate surface area is 105 Å². The van der Waals surface area contributed by atoms with Gasteiger partial charge in [-0.05, 0) is 24.5 Å². The lowest BCUT2D eigenvalue weighted by molar-refractivity contribution is -0.141. The van der Waals surface area contributed by atoms with Crippen molar-refractivity contribution in [1.82, 2.24) is 0 Å². The molecule has 2 aromatic rings. The highest BCUT2D eigenvalue weighted by Crippen LogP contribution is 2.31. The molecule has 0 aliphatic heterocycles. The van der Waals surface area contributed by atoms with Gasteiger partial charge in [0.15, 0.2) is 11.3 Å². The van der Waals surface area contributed by atoms with Gasteiger partial charge < -0.3 is 14.3 Å². The number of carboxylic acid groups (broad SMARTS) is 1. The first-order valence-corrected chi connectivity index (χ1v) is 5.93. The van der Waals surface area contributed by atoms with Crippen molar-refractivity contribution in [2.75, 3.05) is 7.11 Å². The first-order valence-electron chi connectivity index (χ1n) is 5.93. The molecule has 0 saturated heterocycles. The number of benzene rings is 1. The van der Waals surface area contributed by atoms with E-state index in [2.05, 4.69) is 0 Å². The number of carbonyl (C=O) groups is 1. The van der Waals surface area contributed by atoms with Gasteiger partial charge in [0.2, 0.25) is 0 Å². The summed E-state index contributed by atoms with van der Waals surface area (Å²) in [6.45, 7) is 1.88. The van der Waals surface area contributed by atoms with E-state index in [0.29, 0.717) is 24.2 Å². The average molecular weight is 248 g/mol. The third kappa shape index (κ3) is 2.18. The van der Waals surface area contributed by atoms with Crippen LogP contribution in [-0.2, 0) is 11.2 Å². The lowest BCUT2D eigenvalue weighted by atomic mass is 9.97. The molecule has 1 aromatic heterocycles. The highest BCUT2D eigenvalue weighted by atomic mass is 16.5. The van der Waals surface area contributed by atoms with Crippen LogP contribution in [-0.4, -0.2) is 18.2 Å². The van der Waals surface area contributed by atoms with Crippen molar-refractivity contribution in [1.29, 1.82) is 0 Å². The molecule has 0 spiro atoms. The van der Waals surface area contributed by atoms with Crippen molar-refractivity contribution in [2.24, 2.45) is 5.92 Å². The average Bonchev–Trinajstić information content (AvgIpc) is 2.78. The molecule has 4 nitrogen and oxygen atoms in total. The molecule has 1 atom stereocenters. The summed E-state index contributed by atoms with van der Waals surface area (Å²) >= 11 is 0. The van der Waals surface area contributed by atoms with E-state index in [1.54, 1.807) is 13.4 Å². The molecule has 0 aliphatic rings. The second kappa shape index (κ2) is 5.12. The van der Waals surface area contributed by atoms with Crippen LogP contribution in [0.25, 0.3) is 11.0 Å². The van der Waals surface area contributed by atoms with Crippen LogP contribution >= 0.6 is 0 Å². The summed E-state index contributed by atoms with van der Waals surface area (Å²) in [5.41, 5.74) is 1.59. The topological polar surface area (TPSA) is 59.7 Å². The molecular weight excluding hydrogens is 232 g/mol. The zero-order valence-electron chi connectivity index (χ0n) is 10.5. The third-order valence-electron chi connectivity index (χ3n) is 3.17. The number of aliphatic carboxylic acids is 1. The fourth-order valence-electron chi connectivity index (χ4n) is 2.07. The summed E-state index contributed by atoms with van der Waals surface area (Å²) in [6.07, 6.45) is 2.71. The monoisotopic (exact) mass is 248 g/mol. The molecule has 4 heteroatoms. The number of para-hydroxylation sites is 1. The minimum absolute atomic E-state index is 0.378. The zero-order chi connectivity index (χ0) is 13.1. The summed E-state index contributed by atoms with van der Waals surface area (Å²) in [4.78, 5) is 11.1. The van der Waals surface area contributed by atoms with Crippen molar-refractivity contribution in [3.8, 4) is 5.75 Å². The Morgan fingerprint density at radius 1 is 1.50 bits per heavy atom. The molecule has 1 heterocycles. The van der Waals surface area contributed by atoms with Crippen LogP contribution in [0, 0.1) is 5.92 Å². The molecular formula is C14H16O4. The Morgan fingerprint density at radius 3 is 2.89 bits per heavy atom. The molecule has 1 unspecified atom stereocenters. The van der Waals surface area contributed by atoms with Gasteiger partial charge in [-0.25, -0.2) is 0 Å². The van der Waals surface area contributed by atoms with E-state index in [1.807, 2.05) is 25.1 Å². The van der Waals surface area contributed by atoms with Gasteiger partial charge in [-0.2, -0.15) is 0 Å². The Balaban J connectivity index is 2.38. The SMILES string of the molecule is CCC(Cc1coc2c(OC)cccc12)C(=O)O. The van der Waals surface area contributed by atoms with Gasteiger partial charge in [0, 0.05) is 5.39 Å².